The smallest absolute Gasteiger partial charge is 0.123 e. The van der Waals surface area contributed by atoms with Gasteiger partial charge in [-0.25, -0.2) is 4.39 Å². The Morgan fingerprint density at radius 1 is 1.16 bits per heavy atom. The summed E-state index contributed by atoms with van der Waals surface area (Å²) in [5.41, 5.74) is 3.24. The SMILES string of the molecule is CCOc1ccc(C)cc1C(Br)c1ccc(F)cc1. The van der Waals surface area contributed by atoms with E-state index in [-0.39, 0.29) is 10.6 Å². The molecule has 2 aromatic rings. The first kappa shape index (κ1) is 14.1. The van der Waals surface area contributed by atoms with Crippen LogP contribution in [0.4, 0.5) is 4.39 Å². The molecule has 2 aromatic carbocycles. The van der Waals surface area contributed by atoms with E-state index >= 15 is 0 Å². The molecule has 1 atom stereocenters. The molecule has 1 unspecified atom stereocenters. The summed E-state index contributed by atoms with van der Waals surface area (Å²) in [4.78, 5) is -0.00505. The Morgan fingerprint density at radius 2 is 1.84 bits per heavy atom. The number of benzene rings is 2. The van der Waals surface area contributed by atoms with Gasteiger partial charge in [-0.2, -0.15) is 0 Å². The molecule has 0 aliphatic rings. The lowest BCUT2D eigenvalue weighted by Gasteiger charge is -2.16. The van der Waals surface area contributed by atoms with E-state index in [0.29, 0.717) is 6.61 Å². The molecular formula is C16H16BrFO. The van der Waals surface area contributed by atoms with Crippen LogP contribution in [0.15, 0.2) is 42.5 Å². The second-order valence-electron chi connectivity index (χ2n) is 4.39. The molecule has 2 rings (SSSR count). The molecule has 0 spiro atoms. The molecule has 0 saturated carbocycles. The van der Waals surface area contributed by atoms with Crippen LogP contribution in [0.25, 0.3) is 0 Å². The van der Waals surface area contributed by atoms with Crippen molar-refractivity contribution in [1.29, 1.82) is 0 Å². The van der Waals surface area contributed by atoms with E-state index in [2.05, 4.69) is 22.0 Å². The van der Waals surface area contributed by atoms with Crippen molar-refractivity contribution in [3.8, 4) is 5.75 Å². The van der Waals surface area contributed by atoms with Crippen LogP contribution >= 0.6 is 15.9 Å². The van der Waals surface area contributed by atoms with Crippen LogP contribution in [0.2, 0.25) is 0 Å². The van der Waals surface area contributed by atoms with Gasteiger partial charge in [0.2, 0.25) is 0 Å². The van der Waals surface area contributed by atoms with Crippen molar-refractivity contribution in [2.24, 2.45) is 0 Å². The fraction of sp³-hybridized carbons (Fsp3) is 0.250. The molecule has 0 fully saturated rings. The number of hydrogen-bond donors (Lipinski definition) is 0. The second-order valence-corrected chi connectivity index (χ2v) is 5.30. The number of rotatable bonds is 4. The molecular weight excluding hydrogens is 307 g/mol. The summed E-state index contributed by atoms with van der Waals surface area (Å²) in [6.45, 7) is 4.63. The zero-order valence-electron chi connectivity index (χ0n) is 11.0. The van der Waals surface area contributed by atoms with Gasteiger partial charge < -0.3 is 4.74 Å². The van der Waals surface area contributed by atoms with Crippen molar-refractivity contribution < 1.29 is 9.13 Å². The average molecular weight is 323 g/mol. The molecule has 19 heavy (non-hydrogen) atoms. The van der Waals surface area contributed by atoms with Crippen molar-refractivity contribution in [2.45, 2.75) is 18.7 Å². The van der Waals surface area contributed by atoms with E-state index in [9.17, 15) is 4.39 Å². The molecule has 100 valence electrons. The minimum atomic E-state index is -0.224. The van der Waals surface area contributed by atoms with Crippen LogP contribution in [0.1, 0.15) is 28.4 Å². The van der Waals surface area contributed by atoms with E-state index in [4.69, 9.17) is 4.74 Å². The minimum Gasteiger partial charge on any atom is -0.494 e. The van der Waals surface area contributed by atoms with Gasteiger partial charge in [0.05, 0.1) is 11.4 Å². The van der Waals surface area contributed by atoms with Crippen LogP contribution in [-0.4, -0.2) is 6.61 Å². The van der Waals surface area contributed by atoms with Gasteiger partial charge in [-0.15, -0.1) is 0 Å². The van der Waals surface area contributed by atoms with Crippen LogP contribution in [0.3, 0.4) is 0 Å². The molecule has 0 aliphatic carbocycles. The Kier molecular flexibility index (Phi) is 4.59. The summed E-state index contributed by atoms with van der Waals surface area (Å²) < 4.78 is 18.6. The molecule has 3 heteroatoms. The van der Waals surface area contributed by atoms with Crippen molar-refractivity contribution in [3.05, 3.63) is 65.0 Å². The third-order valence-electron chi connectivity index (χ3n) is 2.90. The van der Waals surface area contributed by atoms with Crippen molar-refractivity contribution >= 4 is 15.9 Å². The summed E-state index contributed by atoms with van der Waals surface area (Å²) >= 11 is 3.67. The van der Waals surface area contributed by atoms with E-state index < -0.39 is 0 Å². The maximum atomic E-state index is 13.0. The Labute approximate surface area is 121 Å². The topological polar surface area (TPSA) is 9.23 Å². The van der Waals surface area contributed by atoms with Gasteiger partial charge in [-0.1, -0.05) is 45.8 Å². The molecule has 0 radical (unpaired) electrons. The van der Waals surface area contributed by atoms with Gasteiger partial charge in [-0.05, 0) is 37.6 Å². The fourth-order valence-corrected chi connectivity index (χ4v) is 2.63. The molecule has 0 saturated heterocycles. The second kappa shape index (κ2) is 6.20. The molecule has 0 N–H and O–H groups in total. The van der Waals surface area contributed by atoms with Gasteiger partial charge in [0.15, 0.2) is 0 Å². The summed E-state index contributed by atoms with van der Waals surface area (Å²) in [6.07, 6.45) is 0. The standard InChI is InChI=1S/C16H16BrFO/c1-3-19-15-9-4-11(2)10-14(15)16(17)12-5-7-13(18)8-6-12/h4-10,16H,3H2,1-2H3. The normalized spacial score (nSPS) is 12.2. The van der Waals surface area contributed by atoms with Crippen LogP contribution in [0, 0.1) is 12.7 Å². The average Bonchev–Trinajstić information content (AvgIpc) is 2.41. The van der Waals surface area contributed by atoms with E-state index in [1.165, 1.54) is 17.7 Å². The summed E-state index contributed by atoms with van der Waals surface area (Å²) in [6, 6.07) is 12.6. The lowest BCUT2D eigenvalue weighted by molar-refractivity contribution is 0.337. The summed E-state index contributed by atoms with van der Waals surface area (Å²) in [7, 11) is 0. The van der Waals surface area contributed by atoms with E-state index in [0.717, 1.165) is 16.9 Å². The van der Waals surface area contributed by atoms with Gasteiger partial charge >= 0.3 is 0 Å². The predicted octanol–water partition coefficient (Wildman–Crippen LogP) is 5.02. The van der Waals surface area contributed by atoms with E-state index in [1.807, 2.05) is 26.0 Å². The first-order valence-corrected chi connectivity index (χ1v) is 7.16. The highest BCUT2D eigenvalue weighted by atomic mass is 79.9. The van der Waals surface area contributed by atoms with Crippen molar-refractivity contribution in [1.82, 2.24) is 0 Å². The van der Waals surface area contributed by atoms with E-state index in [1.54, 1.807) is 12.1 Å². The van der Waals surface area contributed by atoms with Crippen LogP contribution in [0.5, 0.6) is 5.75 Å². The molecule has 0 bridgehead atoms. The monoisotopic (exact) mass is 322 g/mol. The molecule has 0 heterocycles. The van der Waals surface area contributed by atoms with Crippen molar-refractivity contribution in [2.75, 3.05) is 6.61 Å². The van der Waals surface area contributed by atoms with Crippen LogP contribution in [-0.2, 0) is 0 Å². The third kappa shape index (κ3) is 3.35. The zero-order chi connectivity index (χ0) is 13.8. The van der Waals surface area contributed by atoms with Gasteiger partial charge in [0, 0.05) is 5.56 Å². The first-order valence-electron chi connectivity index (χ1n) is 6.24. The number of hydrogen-bond acceptors (Lipinski definition) is 1. The highest BCUT2D eigenvalue weighted by Gasteiger charge is 2.15. The summed E-state index contributed by atoms with van der Waals surface area (Å²) in [5, 5.41) is 0. The van der Waals surface area contributed by atoms with Gasteiger partial charge in [-0.3, -0.25) is 0 Å². The fourth-order valence-electron chi connectivity index (χ4n) is 1.96. The Hall–Kier alpha value is -1.35. The first-order chi connectivity index (χ1) is 9.11. The highest BCUT2D eigenvalue weighted by Crippen LogP contribution is 2.37. The molecule has 1 nitrogen and oxygen atoms in total. The number of halogens is 2. The lowest BCUT2D eigenvalue weighted by atomic mass is 10.0. The Bertz CT molecular complexity index is 551. The van der Waals surface area contributed by atoms with Crippen LogP contribution < -0.4 is 4.74 Å². The predicted molar refractivity (Wildman–Crippen MR) is 79.5 cm³/mol. The minimum absolute atomic E-state index is 0.00505. The maximum absolute atomic E-state index is 13.0. The summed E-state index contributed by atoms with van der Waals surface area (Å²) in [5.74, 6) is 0.636. The number of aryl methyl sites for hydroxylation is 1. The Balaban J connectivity index is 2.39. The maximum Gasteiger partial charge on any atom is 0.123 e. The third-order valence-corrected chi connectivity index (χ3v) is 3.92. The zero-order valence-corrected chi connectivity index (χ0v) is 12.6. The largest absolute Gasteiger partial charge is 0.494 e. The highest BCUT2D eigenvalue weighted by molar-refractivity contribution is 9.09. The van der Waals surface area contributed by atoms with Gasteiger partial charge in [0.25, 0.3) is 0 Å². The lowest BCUT2D eigenvalue weighted by Crippen LogP contribution is -2.00. The van der Waals surface area contributed by atoms with Gasteiger partial charge in [0.1, 0.15) is 11.6 Å². The quantitative estimate of drug-likeness (QED) is 0.718. The molecule has 0 aromatic heterocycles. The number of ether oxygens (including phenoxy) is 1. The number of alkyl halides is 1. The molecule has 0 aliphatic heterocycles. The Morgan fingerprint density at radius 3 is 2.47 bits per heavy atom. The van der Waals surface area contributed by atoms with Crippen molar-refractivity contribution in [3.63, 3.8) is 0 Å². The molecule has 0 amide bonds.